The summed E-state index contributed by atoms with van der Waals surface area (Å²) in [5.41, 5.74) is 6.24. The second-order valence-corrected chi connectivity index (χ2v) is 7.15. The van der Waals surface area contributed by atoms with E-state index in [1.807, 2.05) is 12.1 Å². The largest absolute Gasteiger partial charge is 0.508 e. The summed E-state index contributed by atoms with van der Waals surface area (Å²) in [5, 5.41) is 18.5. The standard InChI is InChI=1S/C25H28O2/c26-19-7-3-4-8-20-11-13-22(14-12-20)25(21-9-5-1-2-6-10-21)23-15-17-24(27)18-16-23/h11-18,26-27H,1-3,5-7,9-10,19H2. The number of aliphatic hydroxyl groups excluding tert-OH is 1. The SMILES string of the molecule is OCCCC#Cc1ccc(C(=C2CCCCCC2)c2ccc(O)cc2)cc1. The molecule has 1 fully saturated rings. The Kier molecular flexibility index (Phi) is 7.13. The molecule has 0 aliphatic heterocycles. The fourth-order valence-corrected chi connectivity index (χ4v) is 3.66. The van der Waals surface area contributed by atoms with Gasteiger partial charge in [-0.1, -0.05) is 54.5 Å². The Balaban J connectivity index is 1.94. The number of benzene rings is 2. The lowest BCUT2D eigenvalue weighted by Crippen LogP contribution is -1.95. The normalized spacial score (nSPS) is 14.2. The molecule has 0 bridgehead atoms. The van der Waals surface area contributed by atoms with Crippen molar-refractivity contribution in [3.05, 3.63) is 70.8 Å². The van der Waals surface area contributed by atoms with Crippen LogP contribution in [0.15, 0.2) is 54.1 Å². The molecule has 140 valence electrons. The minimum atomic E-state index is 0.192. The molecule has 2 nitrogen and oxygen atoms in total. The number of hydrogen-bond acceptors (Lipinski definition) is 2. The Hall–Kier alpha value is -2.50. The lowest BCUT2D eigenvalue weighted by Gasteiger charge is -2.16. The molecule has 2 N–H and O–H groups in total. The first kappa shape index (κ1) is 19.3. The molecular formula is C25H28O2. The zero-order valence-electron chi connectivity index (χ0n) is 15.9. The van der Waals surface area contributed by atoms with Gasteiger partial charge >= 0.3 is 0 Å². The molecule has 2 aromatic carbocycles. The van der Waals surface area contributed by atoms with E-state index in [0.717, 1.165) is 31.2 Å². The van der Waals surface area contributed by atoms with E-state index in [1.165, 1.54) is 48.0 Å². The highest BCUT2D eigenvalue weighted by molar-refractivity contribution is 5.82. The third kappa shape index (κ3) is 5.49. The third-order valence-electron chi connectivity index (χ3n) is 5.08. The summed E-state index contributed by atoms with van der Waals surface area (Å²) in [6, 6.07) is 16.1. The minimum absolute atomic E-state index is 0.192. The summed E-state index contributed by atoms with van der Waals surface area (Å²) in [7, 11) is 0. The molecule has 0 saturated heterocycles. The van der Waals surface area contributed by atoms with Gasteiger partial charge in [-0.3, -0.25) is 0 Å². The van der Waals surface area contributed by atoms with E-state index in [-0.39, 0.29) is 6.61 Å². The van der Waals surface area contributed by atoms with Crippen LogP contribution in [-0.2, 0) is 0 Å². The van der Waals surface area contributed by atoms with Crippen molar-refractivity contribution < 1.29 is 10.2 Å². The number of aliphatic hydroxyl groups is 1. The van der Waals surface area contributed by atoms with Gasteiger partial charge in [-0.05, 0) is 73.1 Å². The first-order valence-electron chi connectivity index (χ1n) is 9.99. The van der Waals surface area contributed by atoms with Gasteiger partial charge in [-0.15, -0.1) is 0 Å². The molecule has 27 heavy (non-hydrogen) atoms. The average Bonchev–Trinajstić information content (AvgIpc) is 2.97. The van der Waals surface area contributed by atoms with Crippen molar-refractivity contribution in [2.75, 3.05) is 6.61 Å². The van der Waals surface area contributed by atoms with Gasteiger partial charge in [0.1, 0.15) is 5.75 Å². The van der Waals surface area contributed by atoms with Crippen LogP contribution in [-0.4, -0.2) is 16.8 Å². The van der Waals surface area contributed by atoms with Crippen LogP contribution in [0.5, 0.6) is 5.75 Å². The number of phenols is 1. The van der Waals surface area contributed by atoms with E-state index in [1.54, 1.807) is 12.1 Å². The minimum Gasteiger partial charge on any atom is -0.508 e. The van der Waals surface area contributed by atoms with Crippen molar-refractivity contribution in [3.8, 4) is 17.6 Å². The summed E-state index contributed by atoms with van der Waals surface area (Å²) >= 11 is 0. The van der Waals surface area contributed by atoms with E-state index in [0.29, 0.717) is 5.75 Å². The molecule has 1 saturated carbocycles. The van der Waals surface area contributed by atoms with Crippen molar-refractivity contribution >= 4 is 5.57 Å². The maximum Gasteiger partial charge on any atom is 0.115 e. The molecular weight excluding hydrogens is 332 g/mol. The van der Waals surface area contributed by atoms with Gasteiger partial charge < -0.3 is 10.2 Å². The van der Waals surface area contributed by atoms with Gasteiger partial charge in [0.05, 0.1) is 0 Å². The number of unbranched alkanes of at least 4 members (excludes halogenated alkanes) is 1. The predicted octanol–water partition coefficient (Wildman–Crippen LogP) is 5.67. The number of rotatable bonds is 4. The fourth-order valence-electron chi connectivity index (χ4n) is 3.66. The lowest BCUT2D eigenvalue weighted by molar-refractivity contribution is 0.290. The van der Waals surface area contributed by atoms with Crippen LogP contribution in [0.25, 0.3) is 5.57 Å². The monoisotopic (exact) mass is 360 g/mol. The molecule has 0 amide bonds. The summed E-state index contributed by atoms with van der Waals surface area (Å²) < 4.78 is 0. The summed E-state index contributed by atoms with van der Waals surface area (Å²) in [6.07, 6.45) is 8.89. The number of aromatic hydroxyl groups is 1. The molecule has 1 aliphatic carbocycles. The molecule has 0 aromatic heterocycles. The van der Waals surface area contributed by atoms with Crippen molar-refractivity contribution in [2.24, 2.45) is 0 Å². The van der Waals surface area contributed by atoms with Gasteiger partial charge in [0.15, 0.2) is 0 Å². The van der Waals surface area contributed by atoms with E-state index < -0.39 is 0 Å². The van der Waals surface area contributed by atoms with Crippen molar-refractivity contribution in [3.63, 3.8) is 0 Å². The van der Waals surface area contributed by atoms with Crippen molar-refractivity contribution in [1.82, 2.24) is 0 Å². The Morgan fingerprint density at radius 3 is 2.00 bits per heavy atom. The van der Waals surface area contributed by atoms with Gasteiger partial charge in [-0.25, -0.2) is 0 Å². The molecule has 3 rings (SSSR count). The highest BCUT2D eigenvalue weighted by Gasteiger charge is 2.14. The van der Waals surface area contributed by atoms with E-state index in [4.69, 9.17) is 5.11 Å². The van der Waals surface area contributed by atoms with Crippen LogP contribution in [0.2, 0.25) is 0 Å². The first-order valence-corrected chi connectivity index (χ1v) is 9.99. The fraction of sp³-hybridized carbons (Fsp3) is 0.360. The van der Waals surface area contributed by atoms with E-state index in [9.17, 15) is 5.11 Å². The van der Waals surface area contributed by atoms with Crippen LogP contribution < -0.4 is 0 Å². The third-order valence-corrected chi connectivity index (χ3v) is 5.08. The van der Waals surface area contributed by atoms with Crippen LogP contribution >= 0.6 is 0 Å². The Morgan fingerprint density at radius 2 is 1.41 bits per heavy atom. The number of phenolic OH excluding ortho intramolecular Hbond substituents is 1. The maximum absolute atomic E-state index is 9.67. The highest BCUT2D eigenvalue weighted by atomic mass is 16.3. The molecule has 0 radical (unpaired) electrons. The van der Waals surface area contributed by atoms with E-state index in [2.05, 4.69) is 36.1 Å². The summed E-state index contributed by atoms with van der Waals surface area (Å²) in [5.74, 6) is 6.59. The smallest absolute Gasteiger partial charge is 0.115 e. The predicted molar refractivity (Wildman–Crippen MR) is 111 cm³/mol. The molecule has 0 spiro atoms. The van der Waals surface area contributed by atoms with Crippen LogP contribution in [0, 0.1) is 11.8 Å². The van der Waals surface area contributed by atoms with E-state index >= 15 is 0 Å². The summed E-state index contributed by atoms with van der Waals surface area (Å²) in [4.78, 5) is 0. The van der Waals surface area contributed by atoms with Gasteiger partial charge in [-0.2, -0.15) is 0 Å². The number of allylic oxidation sites excluding steroid dienone is 1. The second-order valence-electron chi connectivity index (χ2n) is 7.15. The molecule has 0 unspecified atom stereocenters. The van der Waals surface area contributed by atoms with Gasteiger partial charge in [0, 0.05) is 18.6 Å². The zero-order chi connectivity index (χ0) is 18.9. The quantitative estimate of drug-likeness (QED) is 0.419. The second kappa shape index (κ2) is 10.00. The Labute approximate surface area is 162 Å². The maximum atomic E-state index is 9.67. The van der Waals surface area contributed by atoms with Crippen LogP contribution in [0.4, 0.5) is 0 Å². The van der Waals surface area contributed by atoms with Crippen molar-refractivity contribution in [2.45, 2.75) is 51.4 Å². The molecule has 1 aliphatic rings. The van der Waals surface area contributed by atoms with Gasteiger partial charge in [0.25, 0.3) is 0 Å². The number of hydrogen-bond donors (Lipinski definition) is 2. The summed E-state index contributed by atoms with van der Waals surface area (Å²) in [6.45, 7) is 0.192. The Morgan fingerprint density at radius 1 is 0.815 bits per heavy atom. The Bertz CT molecular complexity index is 807. The molecule has 2 aromatic rings. The van der Waals surface area contributed by atoms with Crippen LogP contribution in [0.3, 0.4) is 0 Å². The first-order chi connectivity index (χ1) is 13.3. The topological polar surface area (TPSA) is 40.5 Å². The van der Waals surface area contributed by atoms with Crippen molar-refractivity contribution in [1.29, 1.82) is 0 Å². The van der Waals surface area contributed by atoms with Crippen LogP contribution in [0.1, 0.15) is 68.1 Å². The van der Waals surface area contributed by atoms with Gasteiger partial charge in [0.2, 0.25) is 0 Å². The molecule has 0 heterocycles. The highest BCUT2D eigenvalue weighted by Crippen LogP contribution is 2.35. The molecule has 0 atom stereocenters. The molecule has 2 heteroatoms. The zero-order valence-corrected chi connectivity index (χ0v) is 15.9. The average molecular weight is 360 g/mol. The lowest BCUT2D eigenvalue weighted by atomic mass is 9.89.